The molecule has 1 aromatic rings. The van der Waals surface area contributed by atoms with Crippen molar-refractivity contribution in [2.75, 3.05) is 18.8 Å². The fraction of sp³-hybridized carbons (Fsp3) is 0.727. The van der Waals surface area contributed by atoms with Gasteiger partial charge in [-0.25, -0.2) is 17.7 Å². The third-order valence-electron chi connectivity index (χ3n) is 3.35. The van der Waals surface area contributed by atoms with Gasteiger partial charge in [0.1, 0.15) is 0 Å². The van der Waals surface area contributed by atoms with Gasteiger partial charge in [-0.05, 0) is 19.8 Å². The number of hydrogen-bond acceptors (Lipinski definition) is 4. The molecule has 0 aliphatic carbocycles. The first-order chi connectivity index (χ1) is 8.62. The van der Waals surface area contributed by atoms with Crippen LogP contribution in [0.3, 0.4) is 0 Å². The topological polar surface area (TPSA) is 78.1 Å². The van der Waals surface area contributed by atoms with Crippen LogP contribution in [-0.2, 0) is 16.6 Å². The van der Waals surface area contributed by atoms with Crippen LogP contribution >= 0.6 is 0 Å². The van der Waals surface area contributed by atoms with Gasteiger partial charge in [-0.15, -0.1) is 0 Å². The number of rotatable bonds is 5. The zero-order valence-electron chi connectivity index (χ0n) is 10.6. The van der Waals surface area contributed by atoms with Gasteiger partial charge in [0.25, 0.3) is 0 Å². The van der Waals surface area contributed by atoms with Gasteiger partial charge in [0.05, 0.1) is 12.1 Å². The van der Waals surface area contributed by atoms with Crippen molar-refractivity contribution >= 4 is 10.0 Å². The van der Waals surface area contributed by atoms with E-state index in [9.17, 15) is 8.42 Å². The Labute approximate surface area is 108 Å². The Balaban J connectivity index is 1.77. The van der Waals surface area contributed by atoms with Crippen molar-refractivity contribution in [3.63, 3.8) is 0 Å². The molecule has 0 saturated carbocycles. The maximum absolute atomic E-state index is 11.7. The lowest BCUT2D eigenvalue weighted by Gasteiger charge is -2.31. The van der Waals surface area contributed by atoms with Gasteiger partial charge >= 0.3 is 0 Å². The number of H-pyrrole nitrogens is 1. The molecule has 2 N–H and O–H groups in total. The Hall–Kier alpha value is -0.920. The van der Waals surface area contributed by atoms with Crippen molar-refractivity contribution in [3.8, 4) is 0 Å². The second kappa shape index (κ2) is 5.81. The largest absolute Gasteiger partial charge is 0.347 e. The van der Waals surface area contributed by atoms with Gasteiger partial charge in [-0.3, -0.25) is 0 Å². The van der Waals surface area contributed by atoms with Crippen LogP contribution in [-0.4, -0.2) is 47.6 Å². The molecule has 6 nitrogen and oxygen atoms in total. The standard InChI is InChI=1S/C11H20N4O2S/c1-2-18(16,17)15-5-3-10(4-6-15)13-8-11-7-12-9-14-11/h7,9-10,13H,2-6,8H2,1H3,(H,12,14). The SMILES string of the molecule is CCS(=O)(=O)N1CCC(NCc2cnc[nH]2)CC1. The Bertz CT molecular complexity index is 449. The normalized spacial score (nSPS) is 19.2. The highest BCUT2D eigenvalue weighted by Gasteiger charge is 2.26. The van der Waals surface area contributed by atoms with E-state index in [1.165, 1.54) is 0 Å². The lowest BCUT2D eigenvalue weighted by molar-refractivity contribution is 0.288. The zero-order chi connectivity index (χ0) is 13.0. The molecule has 0 aromatic carbocycles. The Morgan fingerprint density at radius 3 is 2.78 bits per heavy atom. The van der Waals surface area contributed by atoms with Crippen molar-refractivity contribution in [2.24, 2.45) is 0 Å². The molecule has 1 aromatic heterocycles. The van der Waals surface area contributed by atoms with Crippen LogP contribution in [0.4, 0.5) is 0 Å². The number of aromatic nitrogens is 2. The first-order valence-corrected chi connectivity index (χ1v) is 7.91. The van der Waals surface area contributed by atoms with E-state index >= 15 is 0 Å². The van der Waals surface area contributed by atoms with E-state index in [0.717, 1.165) is 25.1 Å². The van der Waals surface area contributed by atoms with E-state index in [1.54, 1.807) is 23.8 Å². The average molecular weight is 272 g/mol. The summed E-state index contributed by atoms with van der Waals surface area (Å²) in [5.74, 6) is 0.194. The molecule has 102 valence electrons. The van der Waals surface area contributed by atoms with Gasteiger partial charge in [0.15, 0.2) is 0 Å². The third kappa shape index (κ3) is 3.30. The first kappa shape index (κ1) is 13.5. The number of sulfonamides is 1. The molecule has 1 aliphatic rings. The average Bonchev–Trinajstić information content (AvgIpc) is 2.90. The molecule has 2 rings (SSSR count). The predicted octanol–water partition coefficient (Wildman–Crippen LogP) is 0.313. The van der Waals surface area contributed by atoms with Gasteiger partial charge in [-0.2, -0.15) is 0 Å². The Morgan fingerprint density at radius 2 is 2.22 bits per heavy atom. The molecule has 18 heavy (non-hydrogen) atoms. The molecule has 1 saturated heterocycles. The lowest BCUT2D eigenvalue weighted by atomic mass is 10.1. The molecule has 1 aliphatic heterocycles. The van der Waals surface area contributed by atoms with Gasteiger partial charge in [0, 0.05) is 37.6 Å². The summed E-state index contributed by atoms with van der Waals surface area (Å²) in [5, 5.41) is 3.42. The molecule has 0 bridgehead atoms. The molecule has 2 heterocycles. The zero-order valence-corrected chi connectivity index (χ0v) is 11.4. The highest BCUT2D eigenvalue weighted by atomic mass is 32.2. The second-order valence-electron chi connectivity index (χ2n) is 4.53. The monoisotopic (exact) mass is 272 g/mol. The molecule has 0 amide bonds. The highest BCUT2D eigenvalue weighted by molar-refractivity contribution is 7.89. The number of nitrogens with one attached hydrogen (secondary N) is 2. The number of aromatic amines is 1. The minimum Gasteiger partial charge on any atom is -0.347 e. The number of nitrogens with zero attached hydrogens (tertiary/aromatic N) is 2. The molecule has 7 heteroatoms. The van der Waals surface area contributed by atoms with E-state index in [1.807, 2.05) is 0 Å². The summed E-state index contributed by atoms with van der Waals surface area (Å²) in [7, 11) is -3.01. The summed E-state index contributed by atoms with van der Waals surface area (Å²) in [6.45, 7) is 3.69. The number of hydrogen-bond donors (Lipinski definition) is 2. The van der Waals surface area contributed by atoms with E-state index in [2.05, 4.69) is 15.3 Å². The smallest absolute Gasteiger partial charge is 0.213 e. The van der Waals surface area contributed by atoms with E-state index in [4.69, 9.17) is 0 Å². The minimum absolute atomic E-state index is 0.194. The van der Waals surface area contributed by atoms with Crippen LogP contribution in [0.15, 0.2) is 12.5 Å². The molecular weight excluding hydrogens is 252 g/mol. The minimum atomic E-state index is -3.01. The fourth-order valence-corrected chi connectivity index (χ4v) is 3.29. The summed E-state index contributed by atoms with van der Waals surface area (Å²) in [5.41, 5.74) is 1.05. The fourth-order valence-electron chi connectivity index (χ4n) is 2.16. The Kier molecular flexibility index (Phi) is 4.36. The van der Waals surface area contributed by atoms with E-state index in [0.29, 0.717) is 19.1 Å². The second-order valence-corrected chi connectivity index (χ2v) is 6.79. The summed E-state index contributed by atoms with van der Waals surface area (Å²) in [4.78, 5) is 7.00. The lowest BCUT2D eigenvalue weighted by Crippen LogP contribution is -2.45. The molecule has 1 fully saturated rings. The van der Waals surface area contributed by atoms with Crippen molar-refractivity contribution in [1.29, 1.82) is 0 Å². The van der Waals surface area contributed by atoms with Gasteiger partial charge in [0.2, 0.25) is 10.0 Å². The number of piperidine rings is 1. The van der Waals surface area contributed by atoms with Crippen LogP contribution < -0.4 is 5.32 Å². The van der Waals surface area contributed by atoms with Gasteiger partial charge < -0.3 is 10.3 Å². The molecule has 0 unspecified atom stereocenters. The maximum Gasteiger partial charge on any atom is 0.213 e. The van der Waals surface area contributed by atoms with E-state index < -0.39 is 10.0 Å². The summed E-state index contributed by atoms with van der Waals surface area (Å²) in [6.07, 6.45) is 5.19. The predicted molar refractivity (Wildman–Crippen MR) is 69.5 cm³/mol. The third-order valence-corrected chi connectivity index (χ3v) is 5.23. The van der Waals surface area contributed by atoms with Crippen LogP contribution in [0.1, 0.15) is 25.5 Å². The first-order valence-electron chi connectivity index (χ1n) is 6.30. The van der Waals surface area contributed by atoms with Crippen molar-refractivity contribution < 1.29 is 8.42 Å². The number of imidazole rings is 1. The molecule has 0 spiro atoms. The van der Waals surface area contributed by atoms with Crippen molar-refractivity contribution in [3.05, 3.63) is 18.2 Å². The maximum atomic E-state index is 11.7. The quantitative estimate of drug-likeness (QED) is 0.809. The van der Waals surface area contributed by atoms with Gasteiger partial charge in [-0.1, -0.05) is 0 Å². The summed E-state index contributed by atoms with van der Waals surface area (Å²) in [6, 6.07) is 0.386. The van der Waals surface area contributed by atoms with Crippen LogP contribution in [0.2, 0.25) is 0 Å². The molecule has 0 radical (unpaired) electrons. The summed E-state index contributed by atoms with van der Waals surface area (Å²) < 4.78 is 25.0. The van der Waals surface area contributed by atoms with Crippen LogP contribution in [0.25, 0.3) is 0 Å². The summed E-state index contributed by atoms with van der Waals surface area (Å²) >= 11 is 0. The molecular formula is C11H20N4O2S. The van der Waals surface area contributed by atoms with Crippen LogP contribution in [0.5, 0.6) is 0 Å². The van der Waals surface area contributed by atoms with Crippen molar-refractivity contribution in [2.45, 2.75) is 32.4 Å². The van der Waals surface area contributed by atoms with Crippen molar-refractivity contribution in [1.82, 2.24) is 19.6 Å². The Morgan fingerprint density at radius 1 is 1.50 bits per heavy atom. The molecule has 0 atom stereocenters. The highest BCUT2D eigenvalue weighted by Crippen LogP contribution is 2.14. The van der Waals surface area contributed by atoms with E-state index in [-0.39, 0.29) is 5.75 Å². The van der Waals surface area contributed by atoms with Crippen LogP contribution in [0, 0.1) is 0 Å².